The van der Waals surface area contributed by atoms with Crippen LogP contribution in [0.4, 0.5) is 20.4 Å². The number of amides is 2. The lowest BCUT2D eigenvalue weighted by molar-refractivity contribution is -0.118. The summed E-state index contributed by atoms with van der Waals surface area (Å²) in [6, 6.07) is 15.9. The van der Waals surface area contributed by atoms with Crippen LogP contribution in [0.1, 0.15) is 86.0 Å². The molecule has 0 aliphatic heterocycles. The number of carbonyl (C=O) groups excluding carboxylic acids is 2. The van der Waals surface area contributed by atoms with Gasteiger partial charge in [0.1, 0.15) is 11.6 Å². The molecule has 0 spiro atoms. The summed E-state index contributed by atoms with van der Waals surface area (Å²) in [5, 5.41) is 28.7. The van der Waals surface area contributed by atoms with E-state index in [4.69, 9.17) is 23.2 Å². The maximum absolute atomic E-state index is 13.3. The average Bonchev–Trinajstić information content (AvgIpc) is 3.90. The molecule has 2 atom stereocenters. The number of aromatic amines is 2. The first-order valence-electron chi connectivity index (χ1n) is 16.8. The number of hydrogen-bond acceptors (Lipinski definition) is 6. The molecular formula is C36H34Cl2F2N10O2. The maximum atomic E-state index is 13.3. The van der Waals surface area contributed by atoms with Gasteiger partial charge >= 0.3 is 0 Å². The lowest BCUT2D eigenvalue weighted by atomic mass is 10.1. The van der Waals surface area contributed by atoms with E-state index in [2.05, 4.69) is 41.2 Å². The fraction of sp³-hybridized carbons (Fsp3) is 0.278. The summed E-state index contributed by atoms with van der Waals surface area (Å²) in [4.78, 5) is 24.9. The highest BCUT2D eigenvalue weighted by Gasteiger charge is 2.28. The Hall–Kier alpha value is -5.34. The minimum Gasteiger partial charge on any atom is -0.309 e. The first kappa shape index (κ1) is 35.1. The molecule has 0 bridgehead atoms. The summed E-state index contributed by atoms with van der Waals surface area (Å²) in [7, 11) is 0. The van der Waals surface area contributed by atoms with Crippen molar-refractivity contribution in [3.05, 3.63) is 118 Å². The van der Waals surface area contributed by atoms with Crippen molar-refractivity contribution in [1.82, 2.24) is 40.0 Å². The molecule has 6 aromatic rings. The van der Waals surface area contributed by atoms with Crippen molar-refractivity contribution in [1.29, 1.82) is 0 Å². The number of aromatic nitrogens is 8. The van der Waals surface area contributed by atoms with Crippen molar-refractivity contribution in [2.24, 2.45) is 0 Å². The average molecular weight is 748 g/mol. The number of anilines is 2. The standard InChI is InChI=1S/2C18H17ClFN5O/c2*1-10(18(26)21-17-9-16(22-23-17)11-2-3-11)15-6-7-25(24-15)12-4-5-14(20)13(19)8-12/h2*4-11H,2-3H2,1H3,(H2,21,22,23,26)/t2*10-/m11/s1. The van der Waals surface area contributed by atoms with Crippen LogP contribution in [-0.2, 0) is 9.59 Å². The van der Waals surface area contributed by atoms with E-state index < -0.39 is 23.5 Å². The SMILES string of the molecule is C[C@@H](C(=O)Nc1cc(C2CC2)[nH]n1)c1ccn(-c2ccc(F)c(Cl)c2)n1.C[C@@H](C(=O)Nc1cc(C2CC2)[nH]n1)c1ccn(-c2ccc(F)c(Cl)c2)n1. The summed E-state index contributed by atoms with van der Waals surface area (Å²) in [5.41, 5.74) is 4.56. The number of nitrogens with one attached hydrogen (secondary N) is 4. The zero-order valence-electron chi connectivity index (χ0n) is 28.1. The van der Waals surface area contributed by atoms with Crippen LogP contribution in [0.5, 0.6) is 0 Å². The third-order valence-corrected chi connectivity index (χ3v) is 9.54. The van der Waals surface area contributed by atoms with Gasteiger partial charge in [-0.05, 0) is 88.1 Å². The first-order chi connectivity index (χ1) is 25.0. The van der Waals surface area contributed by atoms with E-state index >= 15 is 0 Å². The molecule has 2 amide bonds. The van der Waals surface area contributed by atoms with Crippen molar-refractivity contribution in [2.75, 3.05) is 10.6 Å². The lowest BCUT2D eigenvalue weighted by Crippen LogP contribution is -2.19. The summed E-state index contributed by atoms with van der Waals surface area (Å²) < 4.78 is 29.7. The Morgan fingerprint density at radius 2 is 1.10 bits per heavy atom. The molecule has 4 aromatic heterocycles. The zero-order valence-corrected chi connectivity index (χ0v) is 29.6. The van der Waals surface area contributed by atoms with Gasteiger partial charge in [-0.25, -0.2) is 18.1 Å². The Kier molecular flexibility index (Phi) is 9.93. The molecular weight excluding hydrogens is 713 g/mol. The van der Waals surface area contributed by atoms with Crippen molar-refractivity contribution in [3.8, 4) is 11.4 Å². The van der Waals surface area contributed by atoms with Crippen LogP contribution in [-0.4, -0.2) is 51.8 Å². The molecule has 268 valence electrons. The van der Waals surface area contributed by atoms with Crippen molar-refractivity contribution in [2.45, 2.75) is 63.2 Å². The number of halogens is 4. The van der Waals surface area contributed by atoms with E-state index in [1.165, 1.54) is 24.3 Å². The van der Waals surface area contributed by atoms with Crippen molar-refractivity contribution in [3.63, 3.8) is 0 Å². The van der Waals surface area contributed by atoms with Gasteiger partial charge in [0.15, 0.2) is 11.6 Å². The van der Waals surface area contributed by atoms with Crippen LogP contribution in [0.2, 0.25) is 10.0 Å². The molecule has 2 aromatic carbocycles. The number of H-pyrrole nitrogens is 2. The molecule has 0 radical (unpaired) electrons. The van der Waals surface area contributed by atoms with Crippen LogP contribution in [0, 0.1) is 11.6 Å². The zero-order chi connectivity index (χ0) is 36.5. The molecule has 0 unspecified atom stereocenters. The third kappa shape index (κ3) is 8.08. The monoisotopic (exact) mass is 746 g/mol. The number of rotatable bonds is 10. The summed E-state index contributed by atoms with van der Waals surface area (Å²) in [6.07, 6.45) is 8.08. The number of nitrogens with zero attached hydrogens (tertiary/aromatic N) is 6. The number of hydrogen-bond donors (Lipinski definition) is 4. The Morgan fingerprint density at radius 1 is 0.692 bits per heavy atom. The number of carbonyl (C=O) groups is 2. The second-order valence-electron chi connectivity index (χ2n) is 13.0. The maximum Gasteiger partial charge on any atom is 0.234 e. The highest BCUT2D eigenvalue weighted by atomic mass is 35.5. The Balaban J connectivity index is 0.000000162. The Labute approximate surface area is 306 Å². The van der Waals surface area contributed by atoms with Gasteiger partial charge in [-0.3, -0.25) is 19.8 Å². The summed E-state index contributed by atoms with van der Waals surface area (Å²) in [6.45, 7) is 3.54. The van der Waals surface area contributed by atoms with Crippen LogP contribution in [0.3, 0.4) is 0 Å². The van der Waals surface area contributed by atoms with Crippen LogP contribution in [0.25, 0.3) is 11.4 Å². The van der Waals surface area contributed by atoms with Gasteiger partial charge in [-0.15, -0.1) is 0 Å². The van der Waals surface area contributed by atoms with Gasteiger partial charge in [0.2, 0.25) is 11.8 Å². The fourth-order valence-electron chi connectivity index (χ4n) is 5.43. The smallest absolute Gasteiger partial charge is 0.234 e. The molecule has 12 nitrogen and oxygen atoms in total. The molecule has 4 heterocycles. The van der Waals surface area contributed by atoms with Gasteiger partial charge in [0, 0.05) is 47.8 Å². The molecule has 8 rings (SSSR count). The largest absolute Gasteiger partial charge is 0.309 e. The minimum absolute atomic E-state index is 0.0235. The third-order valence-electron chi connectivity index (χ3n) is 8.96. The van der Waals surface area contributed by atoms with Gasteiger partial charge in [-0.1, -0.05) is 23.2 Å². The van der Waals surface area contributed by atoms with Gasteiger partial charge < -0.3 is 10.6 Å². The van der Waals surface area contributed by atoms with E-state index in [0.717, 1.165) is 37.1 Å². The predicted octanol–water partition coefficient (Wildman–Crippen LogP) is 8.02. The van der Waals surface area contributed by atoms with E-state index in [0.29, 0.717) is 46.2 Å². The lowest BCUT2D eigenvalue weighted by Gasteiger charge is -2.08. The predicted molar refractivity (Wildman–Crippen MR) is 192 cm³/mol. The quantitative estimate of drug-likeness (QED) is 0.112. The molecule has 2 fully saturated rings. The second kappa shape index (κ2) is 14.7. The van der Waals surface area contributed by atoms with Crippen LogP contribution < -0.4 is 10.6 Å². The molecule has 2 aliphatic carbocycles. The van der Waals surface area contributed by atoms with Gasteiger partial charge in [-0.2, -0.15) is 20.4 Å². The summed E-state index contributed by atoms with van der Waals surface area (Å²) >= 11 is 11.6. The van der Waals surface area contributed by atoms with E-state index in [-0.39, 0.29) is 21.9 Å². The Bertz CT molecular complexity index is 2080. The molecule has 2 saturated carbocycles. The fourth-order valence-corrected chi connectivity index (χ4v) is 5.78. The second-order valence-corrected chi connectivity index (χ2v) is 13.8. The molecule has 52 heavy (non-hydrogen) atoms. The normalized spacial score (nSPS) is 15.0. The topological polar surface area (TPSA) is 151 Å². The van der Waals surface area contributed by atoms with Gasteiger partial charge in [0.25, 0.3) is 0 Å². The highest BCUT2D eigenvalue weighted by molar-refractivity contribution is 6.31. The Morgan fingerprint density at radius 3 is 1.46 bits per heavy atom. The summed E-state index contributed by atoms with van der Waals surface area (Å²) in [5.74, 6) is -0.154. The van der Waals surface area contributed by atoms with Crippen LogP contribution >= 0.6 is 23.2 Å². The first-order valence-corrected chi connectivity index (χ1v) is 17.5. The molecule has 0 saturated heterocycles. The molecule has 16 heteroatoms. The minimum atomic E-state index is -0.486. The van der Waals surface area contributed by atoms with E-state index in [9.17, 15) is 18.4 Å². The van der Waals surface area contributed by atoms with Crippen molar-refractivity contribution >= 4 is 46.7 Å². The van der Waals surface area contributed by atoms with E-state index in [1.54, 1.807) is 59.9 Å². The highest BCUT2D eigenvalue weighted by Crippen LogP contribution is 2.40. The van der Waals surface area contributed by atoms with E-state index in [1.807, 2.05) is 12.1 Å². The number of benzene rings is 2. The van der Waals surface area contributed by atoms with Gasteiger partial charge in [0.05, 0.1) is 44.6 Å². The molecule has 4 N–H and O–H groups in total. The molecule has 2 aliphatic rings. The van der Waals surface area contributed by atoms with Crippen molar-refractivity contribution < 1.29 is 18.4 Å². The van der Waals surface area contributed by atoms with Crippen LogP contribution in [0.15, 0.2) is 73.1 Å².